The number of halogens is 2. The molecular formula is C17H12BrFN2O2. The molecule has 0 bridgehead atoms. The van der Waals surface area contributed by atoms with E-state index in [9.17, 15) is 14.0 Å². The molecule has 2 aromatic carbocycles. The van der Waals surface area contributed by atoms with Crippen molar-refractivity contribution in [2.75, 3.05) is 5.32 Å². The van der Waals surface area contributed by atoms with Crippen molar-refractivity contribution >= 4 is 44.7 Å². The third-order valence-corrected chi connectivity index (χ3v) is 3.96. The number of carbonyl (C=O) groups excluding carboxylic acids is 2. The SMILES string of the molecule is O=Cc1cn(CC(=O)Nc2ccc(Br)cc2F)c2ccccc12. The van der Waals surface area contributed by atoms with Gasteiger partial charge in [-0.25, -0.2) is 4.39 Å². The number of hydrogen-bond donors (Lipinski definition) is 1. The van der Waals surface area contributed by atoms with Gasteiger partial charge < -0.3 is 9.88 Å². The highest BCUT2D eigenvalue weighted by Gasteiger charge is 2.12. The molecule has 116 valence electrons. The lowest BCUT2D eigenvalue weighted by molar-refractivity contribution is -0.116. The molecule has 0 saturated heterocycles. The molecule has 6 heteroatoms. The van der Waals surface area contributed by atoms with Crippen molar-refractivity contribution in [1.29, 1.82) is 0 Å². The Morgan fingerprint density at radius 3 is 2.78 bits per heavy atom. The van der Waals surface area contributed by atoms with E-state index in [1.807, 2.05) is 24.3 Å². The van der Waals surface area contributed by atoms with Crippen molar-refractivity contribution in [2.24, 2.45) is 0 Å². The zero-order chi connectivity index (χ0) is 16.4. The zero-order valence-electron chi connectivity index (χ0n) is 11.9. The van der Waals surface area contributed by atoms with Gasteiger partial charge >= 0.3 is 0 Å². The van der Waals surface area contributed by atoms with Crippen molar-refractivity contribution in [3.8, 4) is 0 Å². The number of rotatable bonds is 4. The lowest BCUT2D eigenvalue weighted by Gasteiger charge is -2.08. The van der Waals surface area contributed by atoms with Crippen molar-refractivity contribution in [3.05, 3.63) is 64.5 Å². The lowest BCUT2D eigenvalue weighted by Crippen LogP contribution is -2.18. The molecule has 0 aliphatic carbocycles. The molecule has 0 aliphatic heterocycles. The van der Waals surface area contributed by atoms with Crippen LogP contribution in [-0.2, 0) is 11.3 Å². The van der Waals surface area contributed by atoms with Gasteiger partial charge in [-0.15, -0.1) is 0 Å². The van der Waals surface area contributed by atoms with Gasteiger partial charge in [0.05, 0.1) is 5.69 Å². The van der Waals surface area contributed by atoms with Crippen LogP contribution < -0.4 is 5.32 Å². The minimum absolute atomic E-state index is 0.0101. The van der Waals surface area contributed by atoms with Gasteiger partial charge in [0.15, 0.2) is 6.29 Å². The first-order chi connectivity index (χ1) is 11.1. The molecule has 3 rings (SSSR count). The number of para-hydroxylation sites is 1. The monoisotopic (exact) mass is 374 g/mol. The molecule has 3 aromatic rings. The van der Waals surface area contributed by atoms with Crippen LogP contribution in [0.3, 0.4) is 0 Å². The van der Waals surface area contributed by atoms with Crippen molar-refractivity contribution in [2.45, 2.75) is 6.54 Å². The van der Waals surface area contributed by atoms with Crippen LogP contribution in [0.4, 0.5) is 10.1 Å². The molecule has 4 nitrogen and oxygen atoms in total. The number of amides is 1. The van der Waals surface area contributed by atoms with E-state index in [-0.39, 0.29) is 18.1 Å². The first-order valence-electron chi connectivity index (χ1n) is 6.86. The smallest absolute Gasteiger partial charge is 0.244 e. The van der Waals surface area contributed by atoms with Crippen molar-refractivity contribution in [3.63, 3.8) is 0 Å². The summed E-state index contributed by atoms with van der Waals surface area (Å²) in [4.78, 5) is 23.3. The Labute approximate surface area is 140 Å². The lowest BCUT2D eigenvalue weighted by atomic mass is 10.2. The quantitative estimate of drug-likeness (QED) is 0.701. The van der Waals surface area contributed by atoms with E-state index >= 15 is 0 Å². The van der Waals surface area contributed by atoms with Crippen LogP contribution in [-0.4, -0.2) is 16.8 Å². The summed E-state index contributed by atoms with van der Waals surface area (Å²) in [7, 11) is 0. The molecule has 0 radical (unpaired) electrons. The van der Waals surface area contributed by atoms with Gasteiger partial charge in [0.2, 0.25) is 5.91 Å². The highest BCUT2D eigenvalue weighted by atomic mass is 79.9. The number of anilines is 1. The number of aromatic nitrogens is 1. The summed E-state index contributed by atoms with van der Waals surface area (Å²) in [6.07, 6.45) is 2.38. The predicted molar refractivity (Wildman–Crippen MR) is 90.1 cm³/mol. The molecular weight excluding hydrogens is 363 g/mol. The average Bonchev–Trinajstić information content (AvgIpc) is 2.88. The van der Waals surface area contributed by atoms with E-state index in [1.54, 1.807) is 16.8 Å². The number of nitrogens with zero attached hydrogens (tertiary/aromatic N) is 1. The van der Waals surface area contributed by atoms with Gasteiger partial charge in [-0.3, -0.25) is 9.59 Å². The average molecular weight is 375 g/mol. The minimum Gasteiger partial charge on any atom is -0.337 e. The number of carbonyl (C=O) groups is 2. The standard InChI is InChI=1S/C17H12BrFN2O2/c18-12-5-6-15(14(19)7-12)20-17(23)9-21-8-11(10-22)13-3-1-2-4-16(13)21/h1-8,10H,9H2,(H,20,23). The van der Waals surface area contributed by atoms with Gasteiger partial charge in [0.25, 0.3) is 0 Å². The van der Waals surface area contributed by atoms with Crippen LogP contribution in [0.25, 0.3) is 10.9 Å². The second-order valence-corrected chi connectivity index (χ2v) is 5.94. The summed E-state index contributed by atoms with van der Waals surface area (Å²) in [6.45, 7) is -0.0101. The topological polar surface area (TPSA) is 51.1 Å². The highest BCUT2D eigenvalue weighted by Crippen LogP contribution is 2.21. The molecule has 1 N–H and O–H groups in total. The largest absolute Gasteiger partial charge is 0.337 e. The molecule has 1 amide bonds. The summed E-state index contributed by atoms with van der Waals surface area (Å²) in [5.74, 6) is -0.886. The Kier molecular flexibility index (Phi) is 4.25. The van der Waals surface area contributed by atoms with Crippen molar-refractivity contribution < 1.29 is 14.0 Å². The summed E-state index contributed by atoms with van der Waals surface area (Å²) in [5, 5.41) is 3.32. The maximum atomic E-state index is 13.8. The molecule has 23 heavy (non-hydrogen) atoms. The normalized spacial score (nSPS) is 10.7. The molecule has 0 atom stereocenters. The van der Waals surface area contributed by atoms with Gasteiger partial charge in [-0.1, -0.05) is 34.1 Å². The van der Waals surface area contributed by atoms with E-state index in [4.69, 9.17) is 0 Å². The number of nitrogens with one attached hydrogen (secondary N) is 1. The Bertz CT molecular complexity index is 905. The maximum Gasteiger partial charge on any atom is 0.244 e. The molecule has 0 unspecified atom stereocenters. The minimum atomic E-state index is -0.515. The van der Waals surface area contributed by atoms with Crippen LogP contribution in [0, 0.1) is 5.82 Å². The highest BCUT2D eigenvalue weighted by molar-refractivity contribution is 9.10. The summed E-state index contributed by atoms with van der Waals surface area (Å²) < 4.78 is 16.0. The fraction of sp³-hybridized carbons (Fsp3) is 0.0588. The summed E-state index contributed by atoms with van der Waals surface area (Å²) in [5.41, 5.74) is 1.41. The van der Waals surface area contributed by atoms with E-state index in [1.165, 1.54) is 12.1 Å². The fourth-order valence-corrected chi connectivity index (χ4v) is 2.77. The maximum absolute atomic E-state index is 13.8. The number of benzene rings is 2. The Balaban J connectivity index is 1.84. The number of aldehydes is 1. The third-order valence-electron chi connectivity index (χ3n) is 3.47. The molecule has 0 saturated carbocycles. The molecule has 1 heterocycles. The summed E-state index contributed by atoms with van der Waals surface area (Å²) >= 11 is 3.16. The Morgan fingerprint density at radius 2 is 2.04 bits per heavy atom. The van der Waals surface area contributed by atoms with E-state index < -0.39 is 5.82 Å². The van der Waals surface area contributed by atoms with Crippen LogP contribution in [0.1, 0.15) is 10.4 Å². The number of fused-ring (bicyclic) bond motifs is 1. The first kappa shape index (κ1) is 15.4. The van der Waals surface area contributed by atoms with Gasteiger partial charge in [-0.05, 0) is 24.3 Å². The van der Waals surface area contributed by atoms with E-state index in [0.717, 1.165) is 17.2 Å². The van der Waals surface area contributed by atoms with Crippen LogP contribution in [0.5, 0.6) is 0 Å². The van der Waals surface area contributed by atoms with Gasteiger partial charge in [0, 0.05) is 27.1 Å². The molecule has 1 aromatic heterocycles. The molecule has 0 spiro atoms. The van der Waals surface area contributed by atoms with Crippen LogP contribution in [0.15, 0.2) is 53.1 Å². The van der Waals surface area contributed by atoms with Crippen LogP contribution in [0.2, 0.25) is 0 Å². The van der Waals surface area contributed by atoms with Gasteiger partial charge in [0.1, 0.15) is 12.4 Å². The molecule has 0 aliphatic rings. The Hall–Kier alpha value is -2.47. The Morgan fingerprint density at radius 1 is 1.26 bits per heavy atom. The van der Waals surface area contributed by atoms with Gasteiger partial charge in [-0.2, -0.15) is 0 Å². The van der Waals surface area contributed by atoms with Crippen LogP contribution >= 0.6 is 15.9 Å². The van der Waals surface area contributed by atoms with E-state index in [2.05, 4.69) is 21.2 Å². The predicted octanol–water partition coefficient (Wildman–Crippen LogP) is 3.99. The fourth-order valence-electron chi connectivity index (χ4n) is 2.44. The number of hydrogen-bond acceptors (Lipinski definition) is 2. The second-order valence-electron chi connectivity index (χ2n) is 5.02. The van der Waals surface area contributed by atoms with Crippen molar-refractivity contribution in [1.82, 2.24) is 4.57 Å². The summed E-state index contributed by atoms with van der Waals surface area (Å²) in [6, 6.07) is 11.7. The third kappa shape index (κ3) is 3.17. The van der Waals surface area contributed by atoms with E-state index in [0.29, 0.717) is 10.0 Å². The second kappa shape index (κ2) is 6.34. The molecule has 0 fully saturated rings. The first-order valence-corrected chi connectivity index (χ1v) is 7.66. The zero-order valence-corrected chi connectivity index (χ0v) is 13.5.